The highest BCUT2D eigenvalue weighted by molar-refractivity contribution is 6.17. The van der Waals surface area contributed by atoms with Crippen molar-refractivity contribution < 1.29 is 8.83 Å². The van der Waals surface area contributed by atoms with Gasteiger partial charge in [-0.1, -0.05) is 127 Å². The van der Waals surface area contributed by atoms with E-state index in [-0.39, 0.29) is 0 Å². The zero-order chi connectivity index (χ0) is 37.7. The molecule has 0 fully saturated rings. The van der Waals surface area contributed by atoms with Gasteiger partial charge in [0.2, 0.25) is 5.89 Å². The molecule has 268 valence electrons. The van der Waals surface area contributed by atoms with Gasteiger partial charge in [0.15, 0.2) is 5.58 Å². The molecule has 11 rings (SSSR count). The van der Waals surface area contributed by atoms with Gasteiger partial charge in [-0.25, -0.2) is 4.98 Å². The number of benzene rings is 9. The van der Waals surface area contributed by atoms with Crippen LogP contribution in [0.3, 0.4) is 0 Å². The van der Waals surface area contributed by atoms with Crippen LogP contribution in [0.2, 0.25) is 0 Å². The van der Waals surface area contributed by atoms with Gasteiger partial charge < -0.3 is 13.7 Å². The van der Waals surface area contributed by atoms with Crippen LogP contribution in [0.1, 0.15) is 0 Å². The van der Waals surface area contributed by atoms with E-state index in [1.807, 2.05) is 42.5 Å². The van der Waals surface area contributed by atoms with E-state index in [4.69, 9.17) is 13.8 Å². The van der Waals surface area contributed by atoms with Crippen LogP contribution in [0.15, 0.2) is 215 Å². The van der Waals surface area contributed by atoms with E-state index in [0.29, 0.717) is 5.89 Å². The van der Waals surface area contributed by atoms with Crippen molar-refractivity contribution >= 4 is 60.9 Å². The van der Waals surface area contributed by atoms with Crippen molar-refractivity contribution in [3.63, 3.8) is 0 Å². The zero-order valence-electron chi connectivity index (χ0n) is 30.8. The largest absolute Gasteiger partial charge is 0.456 e. The Morgan fingerprint density at radius 1 is 0.333 bits per heavy atom. The third-order valence-electron chi connectivity index (χ3n) is 10.9. The van der Waals surface area contributed by atoms with E-state index in [2.05, 4.69) is 169 Å². The molecule has 57 heavy (non-hydrogen) atoms. The van der Waals surface area contributed by atoms with Crippen LogP contribution in [-0.4, -0.2) is 4.98 Å². The molecular weight excluding hydrogens is 697 g/mol. The molecule has 9 aromatic carbocycles. The molecular formula is C53H34N2O2. The van der Waals surface area contributed by atoms with Crippen LogP contribution in [0, 0.1) is 0 Å². The fourth-order valence-corrected chi connectivity index (χ4v) is 7.99. The molecule has 0 saturated carbocycles. The van der Waals surface area contributed by atoms with Crippen LogP contribution in [0.25, 0.3) is 88.6 Å². The highest BCUT2D eigenvalue weighted by Gasteiger charge is 2.18. The molecule has 0 aliphatic heterocycles. The maximum atomic E-state index is 6.32. The van der Waals surface area contributed by atoms with Gasteiger partial charge in [-0.3, -0.25) is 0 Å². The molecule has 2 heterocycles. The van der Waals surface area contributed by atoms with Crippen molar-refractivity contribution in [2.45, 2.75) is 0 Å². The zero-order valence-corrected chi connectivity index (χ0v) is 30.8. The lowest BCUT2D eigenvalue weighted by Crippen LogP contribution is -2.09. The van der Waals surface area contributed by atoms with Crippen LogP contribution < -0.4 is 4.90 Å². The van der Waals surface area contributed by atoms with E-state index in [1.54, 1.807) is 0 Å². The quantitative estimate of drug-likeness (QED) is 0.164. The first-order chi connectivity index (χ1) is 28.2. The van der Waals surface area contributed by atoms with Gasteiger partial charge in [0, 0.05) is 28.0 Å². The third-order valence-corrected chi connectivity index (χ3v) is 10.9. The summed E-state index contributed by atoms with van der Waals surface area (Å²) in [6.45, 7) is 0. The first-order valence-electron chi connectivity index (χ1n) is 19.2. The second-order valence-corrected chi connectivity index (χ2v) is 14.4. The number of aromatic nitrogens is 1. The van der Waals surface area contributed by atoms with E-state index in [9.17, 15) is 0 Å². The van der Waals surface area contributed by atoms with Gasteiger partial charge in [-0.2, -0.15) is 0 Å². The highest BCUT2D eigenvalue weighted by atomic mass is 16.4. The number of nitrogens with zero attached hydrogens (tertiary/aromatic N) is 2. The number of furan rings is 1. The molecule has 0 saturated heterocycles. The summed E-state index contributed by atoms with van der Waals surface area (Å²) in [4.78, 5) is 7.27. The topological polar surface area (TPSA) is 42.4 Å². The SMILES string of the molecule is c1ccc(-c2ccc(N(c3ccc(-c4ccc5ccccc5c4)cc3)c3ccc(-c4ccc5oc6ccc7oc(-c8ccccc8)nc7c6c5c4)cc3)cc2)cc1. The number of anilines is 3. The highest BCUT2D eigenvalue weighted by Crippen LogP contribution is 2.40. The van der Waals surface area contributed by atoms with Crippen LogP contribution >= 0.6 is 0 Å². The molecule has 0 amide bonds. The number of oxazole rings is 1. The summed E-state index contributed by atoms with van der Waals surface area (Å²) in [6, 6.07) is 72.5. The Labute approximate surface area is 329 Å². The summed E-state index contributed by atoms with van der Waals surface area (Å²) in [6.07, 6.45) is 0. The van der Waals surface area contributed by atoms with Gasteiger partial charge in [0.05, 0.1) is 5.39 Å². The standard InChI is InChI=1S/C53H34N2O2/c1-3-9-35(10-4-1)37-17-24-44(25-18-37)55(45-26-19-38(20-27-45)42-16-15-36-11-7-8-14-41(36)33-42)46-28-21-39(22-29-46)43-23-30-48-47(34-43)51-49(56-48)31-32-50-52(51)54-53(57-50)40-12-5-2-6-13-40/h1-34H. The molecule has 0 aliphatic rings. The van der Waals surface area contributed by atoms with Gasteiger partial charge in [-0.15, -0.1) is 0 Å². The summed E-state index contributed by atoms with van der Waals surface area (Å²) >= 11 is 0. The predicted molar refractivity (Wildman–Crippen MR) is 235 cm³/mol. The Hall–Kier alpha value is -7.69. The molecule has 0 bridgehead atoms. The van der Waals surface area contributed by atoms with Crippen molar-refractivity contribution in [2.75, 3.05) is 4.90 Å². The normalized spacial score (nSPS) is 11.5. The molecule has 0 atom stereocenters. The lowest BCUT2D eigenvalue weighted by Gasteiger charge is -2.26. The van der Waals surface area contributed by atoms with Gasteiger partial charge in [0.1, 0.15) is 16.7 Å². The number of hydrogen-bond acceptors (Lipinski definition) is 4. The Morgan fingerprint density at radius 3 is 1.46 bits per heavy atom. The lowest BCUT2D eigenvalue weighted by atomic mass is 10.00. The summed E-state index contributed by atoms with van der Waals surface area (Å²) in [5.74, 6) is 0.599. The molecule has 4 heteroatoms. The van der Waals surface area contributed by atoms with Gasteiger partial charge in [-0.05, 0) is 123 Å². The maximum Gasteiger partial charge on any atom is 0.227 e. The lowest BCUT2D eigenvalue weighted by molar-refractivity contribution is 0.619. The molecule has 2 aromatic heterocycles. The predicted octanol–water partition coefficient (Wildman–Crippen LogP) is 15.0. The molecule has 4 nitrogen and oxygen atoms in total. The average Bonchev–Trinajstić information content (AvgIpc) is 3.89. The van der Waals surface area contributed by atoms with Gasteiger partial charge in [0.25, 0.3) is 0 Å². The van der Waals surface area contributed by atoms with Crippen molar-refractivity contribution in [2.24, 2.45) is 0 Å². The minimum absolute atomic E-state index is 0.599. The van der Waals surface area contributed by atoms with Crippen molar-refractivity contribution in [3.8, 4) is 44.8 Å². The molecule has 0 spiro atoms. The smallest absolute Gasteiger partial charge is 0.227 e. The molecule has 0 radical (unpaired) electrons. The second kappa shape index (κ2) is 13.6. The first kappa shape index (κ1) is 32.7. The summed E-state index contributed by atoms with van der Waals surface area (Å²) < 4.78 is 12.5. The minimum Gasteiger partial charge on any atom is -0.456 e. The van der Waals surface area contributed by atoms with Crippen molar-refractivity contribution in [3.05, 3.63) is 206 Å². The van der Waals surface area contributed by atoms with Crippen LogP contribution in [0.4, 0.5) is 17.1 Å². The molecule has 0 N–H and O–H groups in total. The third kappa shape index (κ3) is 5.92. The van der Waals surface area contributed by atoms with E-state index in [1.165, 1.54) is 33.0 Å². The van der Waals surface area contributed by atoms with Crippen molar-refractivity contribution in [1.82, 2.24) is 4.98 Å². The first-order valence-corrected chi connectivity index (χ1v) is 19.2. The minimum atomic E-state index is 0.599. The second-order valence-electron chi connectivity index (χ2n) is 14.4. The Balaban J connectivity index is 0.966. The summed E-state index contributed by atoms with van der Waals surface area (Å²) in [5.41, 5.74) is 14.3. The van der Waals surface area contributed by atoms with E-state index in [0.717, 1.165) is 66.8 Å². The molecule has 0 unspecified atom stereocenters. The number of rotatable bonds is 7. The summed E-state index contributed by atoms with van der Waals surface area (Å²) in [5, 5.41) is 4.46. The van der Waals surface area contributed by atoms with Gasteiger partial charge >= 0.3 is 0 Å². The maximum absolute atomic E-state index is 6.32. The van der Waals surface area contributed by atoms with Crippen LogP contribution in [-0.2, 0) is 0 Å². The average molecular weight is 731 g/mol. The Morgan fingerprint density at radius 2 is 0.807 bits per heavy atom. The monoisotopic (exact) mass is 730 g/mol. The fraction of sp³-hybridized carbons (Fsp3) is 0. The van der Waals surface area contributed by atoms with E-state index >= 15 is 0 Å². The summed E-state index contributed by atoms with van der Waals surface area (Å²) in [7, 11) is 0. The van der Waals surface area contributed by atoms with Crippen molar-refractivity contribution in [1.29, 1.82) is 0 Å². The number of fused-ring (bicyclic) bond motifs is 6. The molecule has 11 aromatic rings. The fourth-order valence-electron chi connectivity index (χ4n) is 7.99. The Kier molecular flexibility index (Phi) is 7.78. The molecule has 0 aliphatic carbocycles. The number of hydrogen-bond donors (Lipinski definition) is 0. The van der Waals surface area contributed by atoms with E-state index < -0.39 is 0 Å². The Bertz CT molecular complexity index is 3200. The van der Waals surface area contributed by atoms with Crippen LogP contribution in [0.5, 0.6) is 0 Å².